The minimum Gasteiger partial charge on any atom is -0.483 e. The predicted molar refractivity (Wildman–Crippen MR) is 57.9 cm³/mol. The lowest BCUT2D eigenvalue weighted by atomic mass is 10.3. The second kappa shape index (κ2) is 4.83. The minimum atomic E-state index is 0.348. The van der Waals surface area contributed by atoms with E-state index in [1.165, 1.54) is 0 Å². The van der Waals surface area contributed by atoms with Crippen LogP contribution in [0.4, 0.5) is 5.82 Å². The summed E-state index contributed by atoms with van der Waals surface area (Å²) < 4.78 is 5.17. The van der Waals surface area contributed by atoms with Gasteiger partial charge in [-0.2, -0.15) is 0 Å². The summed E-state index contributed by atoms with van der Waals surface area (Å²) in [5, 5.41) is 0.348. The van der Waals surface area contributed by atoms with Gasteiger partial charge < -0.3 is 10.2 Å². The maximum absolute atomic E-state index is 5.30. The van der Waals surface area contributed by atoms with Crippen molar-refractivity contribution >= 4 is 23.1 Å². The molecule has 0 aromatic carbocycles. The van der Waals surface area contributed by atoms with Gasteiger partial charge in [0, 0.05) is 6.20 Å². The molecule has 3 N–H and O–H groups in total. The molecule has 0 bridgehead atoms. The van der Waals surface area contributed by atoms with Crippen LogP contribution in [0.25, 0.3) is 0 Å². The zero-order chi connectivity index (χ0) is 10.6. The molecule has 14 heavy (non-hydrogen) atoms. The van der Waals surface area contributed by atoms with E-state index in [0.717, 1.165) is 0 Å². The fourth-order valence-electron chi connectivity index (χ4n) is 0.938. The van der Waals surface area contributed by atoms with E-state index >= 15 is 0 Å². The molecule has 0 aliphatic rings. The van der Waals surface area contributed by atoms with Crippen LogP contribution >= 0.6 is 12.2 Å². The molecule has 5 nitrogen and oxygen atoms in total. The van der Waals surface area contributed by atoms with Crippen molar-refractivity contribution in [3.63, 3.8) is 0 Å². The number of thiocarbonyl (C=S) groups is 1. The highest BCUT2D eigenvalue weighted by Crippen LogP contribution is 2.12. The van der Waals surface area contributed by atoms with Crippen molar-refractivity contribution in [1.29, 1.82) is 0 Å². The summed E-state index contributed by atoms with van der Waals surface area (Å²) >= 11 is 5.02. The topological polar surface area (TPSA) is 73.1 Å². The standard InChI is InChI=1S/C8H12N4OS/c1-3-13-8(14)6-4-10-5(2)11-7(6)12-9/h4H,3,9H2,1-2H3,(H,10,11,12). The molecule has 0 aliphatic heterocycles. The second-order valence-electron chi connectivity index (χ2n) is 2.54. The Morgan fingerprint density at radius 1 is 1.71 bits per heavy atom. The number of nitrogens with one attached hydrogen (secondary N) is 1. The molecule has 1 aromatic heterocycles. The van der Waals surface area contributed by atoms with Gasteiger partial charge in [-0.05, 0) is 26.1 Å². The van der Waals surface area contributed by atoms with Gasteiger partial charge in [-0.1, -0.05) is 0 Å². The lowest BCUT2D eigenvalue weighted by molar-refractivity contribution is 0.337. The number of ether oxygens (including phenoxy) is 1. The Labute approximate surface area is 87.7 Å². The third-order valence-electron chi connectivity index (χ3n) is 1.54. The number of nitrogens with zero attached hydrogens (tertiary/aromatic N) is 2. The molecule has 0 fully saturated rings. The highest BCUT2D eigenvalue weighted by atomic mass is 32.1. The zero-order valence-corrected chi connectivity index (χ0v) is 8.89. The molecule has 0 radical (unpaired) electrons. The van der Waals surface area contributed by atoms with Crippen LogP contribution < -0.4 is 11.3 Å². The Hall–Kier alpha value is -1.27. The molecule has 0 amide bonds. The number of aromatic nitrogens is 2. The molecule has 6 heteroatoms. The van der Waals surface area contributed by atoms with Crippen molar-refractivity contribution in [3.8, 4) is 0 Å². The summed E-state index contributed by atoms with van der Waals surface area (Å²) in [4.78, 5) is 8.10. The Kier molecular flexibility index (Phi) is 3.73. The van der Waals surface area contributed by atoms with E-state index in [2.05, 4.69) is 15.4 Å². The Bertz CT molecular complexity index is 342. The number of hydrazine groups is 1. The van der Waals surface area contributed by atoms with Crippen LogP contribution in [-0.2, 0) is 4.74 Å². The monoisotopic (exact) mass is 212 g/mol. The average Bonchev–Trinajstić information content (AvgIpc) is 2.17. The molecular weight excluding hydrogens is 200 g/mol. The zero-order valence-electron chi connectivity index (χ0n) is 8.07. The normalized spacial score (nSPS) is 9.64. The number of anilines is 1. The third kappa shape index (κ3) is 2.36. The van der Waals surface area contributed by atoms with Crippen LogP contribution in [-0.4, -0.2) is 21.6 Å². The molecule has 76 valence electrons. The largest absolute Gasteiger partial charge is 0.483 e. The van der Waals surface area contributed by atoms with Crippen LogP contribution in [0.1, 0.15) is 18.3 Å². The van der Waals surface area contributed by atoms with E-state index in [1.807, 2.05) is 6.92 Å². The van der Waals surface area contributed by atoms with Crippen molar-refractivity contribution < 1.29 is 4.74 Å². The van der Waals surface area contributed by atoms with Gasteiger partial charge in [-0.15, -0.1) is 0 Å². The maximum Gasteiger partial charge on any atom is 0.196 e. The minimum absolute atomic E-state index is 0.348. The smallest absolute Gasteiger partial charge is 0.196 e. The summed E-state index contributed by atoms with van der Waals surface area (Å²) in [6.45, 7) is 4.14. The lowest BCUT2D eigenvalue weighted by Crippen LogP contribution is -2.16. The number of hydrogen-bond donors (Lipinski definition) is 2. The van der Waals surface area contributed by atoms with Crippen LogP contribution in [0, 0.1) is 6.92 Å². The van der Waals surface area contributed by atoms with Crippen LogP contribution in [0.5, 0.6) is 0 Å². The molecule has 0 saturated carbocycles. The van der Waals surface area contributed by atoms with Gasteiger partial charge in [0.05, 0.1) is 12.2 Å². The first-order valence-electron chi connectivity index (χ1n) is 4.16. The van der Waals surface area contributed by atoms with Gasteiger partial charge in [-0.25, -0.2) is 15.8 Å². The first-order valence-corrected chi connectivity index (χ1v) is 4.57. The first kappa shape index (κ1) is 10.8. The van der Waals surface area contributed by atoms with Gasteiger partial charge in [0.1, 0.15) is 5.82 Å². The van der Waals surface area contributed by atoms with Gasteiger partial charge >= 0.3 is 0 Å². The summed E-state index contributed by atoms with van der Waals surface area (Å²) in [6, 6.07) is 0. The fourth-order valence-corrected chi connectivity index (χ4v) is 1.21. The summed E-state index contributed by atoms with van der Waals surface area (Å²) in [6.07, 6.45) is 1.59. The van der Waals surface area contributed by atoms with E-state index in [0.29, 0.717) is 28.9 Å². The van der Waals surface area contributed by atoms with Crippen LogP contribution in [0.15, 0.2) is 6.20 Å². The molecule has 0 unspecified atom stereocenters. The Balaban J connectivity index is 3.01. The third-order valence-corrected chi connectivity index (χ3v) is 1.88. The molecule has 0 aliphatic carbocycles. The van der Waals surface area contributed by atoms with Crippen LogP contribution in [0.2, 0.25) is 0 Å². The first-order chi connectivity index (χ1) is 6.69. The average molecular weight is 212 g/mol. The van der Waals surface area contributed by atoms with E-state index in [-0.39, 0.29) is 0 Å². The van der Waals surface area contributed by atoms with E-state index in [9.17, 15) is 0 Å². The van der Waals surface area contributed by atoms with E-state index in [4.69, 9.17) is 22.8 Å². The van der Waals surface area contributed by atoms with Crippen molar-refractivity contribution in [2.75, 3.05) is 12.0 Å². The fraction of sp³-hybridized carbons (Fsp3) is 0.375. The molecule has 1 rings (SSSR count). The quantitative estimate of drug-likeness (QED) is 0.438. The Morgan fingerprint density at radius 3 is 3.00 bits per heavy atom. The predicted octanol–water partition coefficient (Wildman–Crippen LogP) is 0.783. The second-order valence-corrected chi connectivity index (χ2v) is 2.92. The number of rotatable bonds is 3. The molecule has 1 aromatic rings. The van der Waals surface area contributed by atoms with E-state index < -0.39 is 0 Å². The van der Waals surface area contributed by atoms with Crippen LogP contribution in [0.3, 0.4) is 0 Å². The molecule has 0 atom stereocenters. The van der Waals surface area contributed by atoms with Crippen molar-refractivity contribution in [2.45, 2.75) is 13.8 Å². The SMILES string of the molecule is CCOC(=S)c1cnc(C)nc1NN. The number of nitrogens with two attached hydrogens (primary N) is 1. The molecular formula is C8H12N4OS. The van der Waals surface area contributed by atoms with Crippen molar-refractivity contribution in [2.24, 2.45) is 5.84 Å². The molecule has 0 saturated heterocycles. The van der Waals surface area contributed by atoms with Gasteiger partial charge in [0.2, 0.25) is 0 Å². The molecule has 1 heterocycles. The highest BCUT2D eigenvalue weighted by molar-refractivity contribution is 7.80. The lowest BCUT2D eigenvalue weighted by Gasteiger charge is -2.09. The summed E-state index contributed by atoms with van der Waals surface area (Å²) in [7, 11) is 0. The maximum atomic E-state index is 5.30. The van der Waals surface area contributed by atoms with Gasteiger partial charge in [0.15, 0.2) is 10.9 Å². The highest BCUT2D eigenvalue weighted by Gasteiger charge is 2.09. The summed E-state index contributed by atoms with van der Waals surface area (Å²) in [5.74, 6) is 6.41. The van der Waals surface area contributed by atoms with Crippen molar-refractivity contribution in [3.05, 3.63) is 17.6 Å². The van der Waals surface area contributed by atoms with E-state index in [1.54, 1.807) is 13.1 Å². The van der Waals surface area contributed by atoms with Gasteiger partial charge in [-0.3, -0.25) is 0 Å². The number of hydrogen-bond acceptors (Lipinski definition) is 6. The van der Waals surface area contributed by atoms with Crippen molar-refractivity contribution in [1.82, 2.24) is 9.97 Å². The molecule has 0 spiro atoms. The number of aryl methyl sites for hydroxylation is 1. The number of nitrogen functional groups attached to an aromatic ring is 1. The Morgan fingerprint density at radius 2 is 2.43 bits per heavy atom. The summed E-state index contributed by atoms with van der Waals surface area (Å²) in [5.41, 5.74) is 3.06. The van der Waals surface area contributed by atoms with Gasteiger partial charge in [0.25, 0.3) is 0 Å².